The first-order valence-electron chi connectivity index (χ1n) is 7.27. The van der Waals surface area contributed by atoms with E-state index in [-0.39, 0.29) is 0 Å². The number of ether oxygens (including phenoxy) is 1. The summed E-state index contributed by atoms with van der Waals surface area (Å²) in [6.07, 6.45) is -0.569. The van der Waals surface area contributed by atoms with Crippen LogP contribution in [0, 0.1) is 0 Å². The van der Waals surface area contributed by atoms with Crippen LogP contribution in [0.5, 0.6) is 0 Å². The van der Waals surface area contributed by atoms with Crippen LogP contribution in [0.4, 0.5) is 4.79 Å². The summed E-state index contributed by atoms with van der Waals surface area (Å²) in [5.74, 6) is -0.567. The molecule has 0 bridgehead atoms. The van der Waals surface area contributed by atoms with E-state index in [9.17, 15) is 9.59 Å². The minimum Gasteiger partial charge on any atom is -0.444 e. The van der Waals surface area contributed by atoms with E-state index in [4.69, 9.17) is 10.5 Å². The molecule has 0 heterocycles. The van der Waals surface area contributed by atoms with E-state index in [2.05, 4.69) is 0 Å². The molecule has 5 heteroatoms. The number of primary amides is 1. The summed E-state index contributed by atoms with van der Waals surface area (Å²) >= 11 is 0. The summed E-state index contributed by atoms with van der Waals surface area (Å²) in [7, 11) is 1.54. The van der Waals surface area contributed by atoms with E-state index in [1.54, 1.807) is 20.8 Å². The third-order valence-electron chi connectivity index (χ3n) is 3.54. The summed E-state index contributed by atoms with van der Waals surface area (Å²) in [4.78, 5) is 25.6. The molecule has 2 N–H and O–H groups in total. The Bertz CT molecular complexity index is 533. The second kappa shape index (κ2) is 6.38. The molecule has 22 heavy (non-hydrogen) atoms. The first-order chi connectivity index (χ1) is 9.97. The van der Waals surface area contributed by atoms with Gasteiger partial charge in [-0.1, -0.05) is 44.2 Å². The van der Waals surface area contributed by atoms with Crippen molar-refractivity contribution in [3.8, 4) is 0 Å². The number of carbonyl (C=O) groups is 2. The lowest BCUT2D eigenvalue weighted by Crippen LogP contribution is -2.56. The van der Waals surface area contributed by atoms with Crippen LogP contribution >= 0.6 is 0 Å². The zero-order valence-corrected chi connectivity index (χ0v) is 14.2. The van der Waals surface area contributed by atoms with Crippen molar-refractivity contribution in [2.45, 2.75) is 51.7 Å². The quantitative estimate of drug-likeness (QED) is 0.929. The molecule has 1 atom stereocenters. The Kier molecular flexibility index (Phi) is 5.22. The molecule has 0 fully saturated rings. The van der Waals surface area contributed by atoms with Crippen LogP contribution in [0.3, 0.4) is 0 Å². The fourth-order valence-corrected chi connectivity index (χ4v) is 2.50. The number of rotatable bonds is 4. The van der Waals surface area contributed by atoms with Crippen molar-refractivity contribution in [1.82, 2.24) is 4.90 Å². The van der Waals surface area contributed by atoms with Gasteiger partial charge in [0.15, 0.2) is 0 Å². The molecule has 0 aliphatic heterocycles. The van der Waals surface area contributed by atoms with E-state index in [0.717, 1.165) is 5.56 Å². The minimum absolute atomic E-state index is 0.567. The molecule has 0 spiro atoms. The maximum atomic E-state index is 12.3. The Hall–Kier alpha value is -2.04. The summed E-state index contributed by atoms with van der Waals surface area (Å²) < 4.78 is 5.34. The average molecular weight is 306 g/mol. The van der Waals surface area contributed by atoms with Gasteiger partial charge in [-0.25, -0.2) is 4.79 Å². The monoisotopic (exact) mass is 306 g/mol. The molecule has 1 aromatic rings. The lowest BCUT2D eigenvalue weighted by molar-refractivity contribution is -0.124. The Morgan fingerprint density at radius 3 is 2.00 bits per heavy atom. The van der Waals surface area contributed by atoms with E-state index < -0.39 is 29.1 Å². The van der Waals surface area contributed by atoms with Gasteiger partial charge < -0.3 is 10.5 Å². The van der Waals surface area contributed by atoms with E-state index in [1.165, 1.54) is 11.9 Å². The highest BCUT2D eigenvalue weighted by Gasteiger charge is 2.41. The van der Waals surface area contributed by atoms with Crippen LogP contribution in [-0.2, 0) is 14.9 Å². The lowest BCUT2D eigenvalue weighted by Gasteiger charge is -2.39. The minimum atomic E-state index is -0.815. The van der Waals surface area contributed by atoms with Gasteiger partial charge in [-0.3, -0.25) is 9.69 Å². The van der Waals surface area contributed by atoms with Crippen LogP contribution in [0.1, 0.15) is 40.2 Å². The summed E-state index contributed by atoms with van der Waals surface area (Å²) in [6.45, 7) is 9.11. The number of likely N-dealkylation sites (N-methyl/N-ethyl adjacent to an activating group) is 1. The maximum Gasteiger partial charge on any atom is 0.410 e. The first-order valence-corrected chi connectivity index (χ1v) is 7.27. The zero-order valence-electron chi connectivity index (χ0n) is 14.2. The Labute approximate surface area is 132 Å². The van der Waals surface area contributed by atoms with Crippen LogP contribution in [-0.4, -0.2) is 35.6 Å². The molecule has 0 aliphatic carbocycles. The van der Waals surface area contributed by atoms with Gasteiger partial charge in [0, 0.05) is 12.5 Å². The number of hydrogen-bond donors (Lipinski definition) is 1. The summed E-state index contributed by atoms with van der Waals surface area (Å²) in [5, 5.41) is 0. The highest BCUT2D eigenvalue weighted by molar-refractivity contribution is 5.86. The highest BCUT2D eigenvalue weighted by Crippen LogP contribution is 2.30. The molecule has 1 rings (SSSR count). The van der Waals surface area contributed by atoms with Crippen LogP contribution in [0.25, 0.3) is 0 Å². The predicted molar refractivity (Wildman–Crippen MR) is 86.4 cm³/mol. The number of carbonyl (C=O) groups excluding carboxylic acids is 2. The second-order valence-electron chi connectivity index (χ2n) is 6.98. The van der Waals surface area contributed by atoms with Gasteiger partial charge in [-0.05, 0) is 26.3 Å². The standard InChI is InChI=1S/C17H26N2O3/c1-16(2,3)22-15(21)19(6)13(14(18)20)17(4,5)12-10-8-7-9-11-12/h7-11,13H,1-6H3,(H2,18,20)/t13-/m1/s1. The van der Waals surface area contributed by atoms with Crippen molar-refractivity contribution in [3.05, 3.63) is 35.9 Å². The third kappa shape index (κ3) is 4.23. The van der Waals surface area contributed by atoms with Crippen molar-refractivity contribution in [2.24, 2.45) is 5.73 Å². The van der Waals surface area contributed by atoms with Crippen LogP contribution in [0.15, 0.2) is 30.3 Å². The predicted octanol–water partition coefficient (Wildman–Crippen LogP) is 2.69. The largest absolute Gasteiger partial charge is 0.444 e. The Balaban J connectivity index is 3.13. The van der Waals surface area contributed by atoms with Gasteiger partial charge in [-0.15, -0.1) is 0 Å². The summed E-state index contributed by atoms with van der Waals surface area (Å²) in [5.41, 5.74) is 5.22. The number of nitrogens with two attached hydrogens (primary N) is 1. The molecule has 122 valence electrons. The molecule has 0 aromatic heterocycles. The van der Waals surface area contributed by atoms with E-state index in [1.807, 2.05) is 44.2 Å². The zero-order chi connectivity index (χ0) is 17.1. The Morgan fingerprint density at radius 2 is 1.59 bits per heavy atom. The van der Waals surface area contributed by atoms with Gasteiger partial charge in [0.25, 0.3) is 0 Å². The number of benzene rings is 1. The van der Waals surface area contributed by atoms with Crippen molar-refractivity contribution in [1.29, 1.82) is 0 Å². The van der Waals surface area contributed by atoms with Gasteiger partial charge in [0.2, 0.25) is 5.91 Å². The molecule has 2 amide bonds. The molecule has 0 saturated heterocycles. The Morgan fingerprint density at radius 1 is 1.09 bits per heavy atom. The highest BCUT2D eigenvalue weighted by atomic mass is 16.6. The van der Waals surface area contributed by atoms with Crippen molar-refractivity contribution in [2.75, 3.05) is 7.05 Å². The van der Waals surface area contributed by atoms with Gasteiger partial charge in [-0.2, -0.15) is 0 Å². The van der Waals surface area contributed by atoms with Gasteiger partial charge in [0.1, 0.15) is 11.6 Å². The topological polar surface area (TPSA) is 72.6 Å². The molecule has 0 unspecified atom stereocenters. The first kappa shape index (κ1) is 18.0. The van der Waals surface area contributed by atoms with Crippen molar-refractivity contribution < 1.29 is 14.3 Å². The molecule has 0 radical (unpaired) electrons. The van der Waals surface area contributed by atoms with Gasteiger partial charge in [0.05, 0.1) is 0 Å². The molecule has 5 nitrogen and oxygen atoms in total. The SMILES string of the molecule is CN(C(=O)OC(C)(C)C)[C@H](C(N)=O)C(C)(C)c1ccccc1. The second-order valence-corrected chi connectivity index (χ2v) is 6.98. The molecular weight excluding hydrogens is 280 g/mol. The van der Waals surface area contributed by atoms with E-state index in [0.29, 0.717) is 0 Å². The number of hydrogen-bond acceptors (Lipinski definition) is 3. The number of amides is 2. The van der Waals surface area contributed by atoms with Crippen molar-refractivity contribution in [3.63, 3.8) is 0 Å². The average Bonchev–Trinajstić information content (AvgIpc) is 2.37. The molecule has 0 aliphatic rings. The van der Waals surface area contributed by atoms with Crippen molar-refractivity contribution >= 4 is 12.0 Å². The lowest BCUT2D eigenvalue weighted by atomic mass is 9.77. The number of nitrogens with zero attached hydrogens (tertiary/aromatic N) is 1. The van der Waals surface area contributed by atoms with Crippen LogP contribution < -0.4 is 5.73 Å². The smallest absolute Gasteiger partial charge is 0.410 e. The normalized spacial score (nSPS) is 13.4. The van der Waals surface area contributed by atoms with E-state index >= 15 is 0 Å². The fourth-order valence-electron chi connectivity index (χ4n) is 2.50. The molecular formula is C17H26N2O3. The summed E-state index contributed by atoms with van der Waals surface area (Å²) in [6, 6.07) is 8.70. The molecule has 1 aromatic carbocycles. The molecule has 0 saturated carbocycles. The van der Waals surface area contributed by atoms with Gasteiger partial charge >= 0.3 is 6.09 Å². The third-order valence-corrected chi connectivity index (χ3v) is 3.54. The fraction of sp³-hybridized carbons (Fsp3) is 0.529. The van der Waals surface area contributed by atoms with Crippen LogP contribution in [0.2, 0.25) is 0 Å². The maximum absolute atomic E-state index is 12.3.